The van der Waals surface area contributed by atoms with Gasteiger partial charge in [-0.1, -0.05) is 25.3 Å². The van der Waals surface area contributed by atoms with E-state index in [0.29, 0.717) is 12.6 Å². The largest absolute Gasteiger partial charge is 0.485 e. The third kappa shape index (κ3) is 2.75. The van der Waals surface area contributed by atoms with Crippen molar-refractivity contribution in [2.24, 2.45) is 0 Å². The zero-order valence-corrected chi connectivity index (χ0v) is 11.2. The van der Waals surface area contributed by atoms with Gasteiger partial charge in [-0.3, -0.25) is 4.68 Å². The lowest BCUT2D eigenvalue weighted by Gasteiger charge is -2.21. The maximum Gasteiger partial charge on any atom is 0.157 e. The summed E-state index contributed by atoms with van der Waals surface area (Å²) in [6.45, 7) is 0.647. The van der Waals surface area contributed by atoms with Crippen LogP contribution in [0.1, 0.15) is 43.0 Å². The molecular formula is C14H18N2OS. The monoisotopic (exact) mass is 262 g/mol. The molecule has 2 heterocycles. The van der Waals surface area contributed by atoms with E-state index in [-0.39, 0.29) is 0 Å². The highest BCUT2D eigenvalue weighted by atomic mass is 32.1. The van der Waals surface area contributed by atoms with Crippen LogP contribution in [0.15, 0.2) is 29.9 Å². The molecule has 0 saturated heterocycles. The first-order valence-electron chi connectivity index (χ1n) is 6.61. The SMILES string of the molecule is c1csc(COc2cnn(C3CCCCC3)c2)c1. The molecule has 0 atom stereocenters. The molecule has 3 rings (SSSR count). The summed E-state index contributed by atoms with van der Waals surface area (Å²) >= 11 is 1.72. The number of rotatable bonds is 4. The molecule has 1 fully saturated rings. The summed E-state index contributed by atoms with van der Waals surface area (Å²) in [5.74, 6) is 0.883. The van der Waals surface area contributed by atoms with E-state index in [4.69, 9.17) is 4.74 Å². The predicted octanol–water partition coefficient (Wildman–Crippen LogP) is 4.03. The minimum absolute atomic E-state index is 0.581. The minimum Gasteiger partial charge on any atom is -0.485 e. The fourth-order valence-electron chi connectivity index (χ4n) is 2.49. The molecule has 0 spiro atoms. The van der Waals surface area contributed by atoms with Gasteiger partial charge in [0.15, 0.2) is 5.75 Å². The maximum absolute atomic E-state index is 5.75. The molecule has 4 heteroatoms. The summed E-state index contributed by atoms with van der Waals surface area (Å²) in [6.07, 6.45) is 10.4. The second-order valence-electron chi connectivity index (χ2n) is 4.82. The van der Waals surface area contributed by atoms with E-state index in [9.17, 15) is 0 Å². The van der Waals surface area contributed by atoms with Gasteiger partial charge in [0, 0.05) is 4.88 Å². The van der Waals surface area contributed by atoms with Crippen molar-refractivity contribution >= 4 is 11.3 Å². The number of thiophene rings is 1. The molecule has 0 unspecified atom stereocenters. The molecule has 1 aliphatic rings. The maximum atomic E-state index is 5.75. The van der Waals surface area contributed by atoms with Gasteiger partial charge in [0.1, 0.15) is 6.61 Å². The third-order valence-corrected chi connectivity index (χ3v) is 4.34. The van der Waals surface area contributed by atoms with E-state index in [1.807, 2.05) is 12.4 Å². The molecule has 2 aromatic heterocycles. The molecule has 0 radical (unpaired) electrons. The molecule has 3 nitrogen and oxygen atoms in total. The normalized spacial score (nSPS) is 16.9. The first kappa shape index (κ1) is 11.8. The van der Waals surface area contributed by atoms with Gasteiger partial charge in [0.25, 0.3) is 0 Å². The van der Waals surface area contributed by atoms with Crippen LogP contribution in [0.2, 0.25) is 0 Å². The Hall–Kier alpha value is -1.29. The van der Waals surface area contributed by atoms with Gasteiger partial charge in [-0.05, 0) is 24.3 Å². The molecule has 1 aliphatic carbocycles. The van der Waals surface area contributed by atoms with Gasteiger partial charge in [-0.2, -0.15) is 5.10 Å². The molecule has 1 saturated carbocycles. The molecule has 0 aliphatic heterocycles. The number of nitrogens with zero attached hydrogens (tertiary/aromatic N) is 2. The Kier molecular flexibility index (Phi) is 3.64. The smallest absolute Gasteiger partial charge is 0.157 e. The van der Waals surface area contributed by atoms with Gasteiger partial charge >= 0.3 is 0 Å². The molecule has 0 bridgehead atoms. The highest BCUT2D eigenvalue weighted by Crippen LogP contribution is 2.28. The molecule has 18 heavy (non-hydrogen) atoms. The summed E-state index contributed by atoms with van der Waals surface area (Å²) in [5, 5.41) is 6.51. The van der Waals surface area contributed by atoms with Crippen molar-refractivity contribution in [3.63, 3.8) is 0 Å². The molecule has 96 valence electrons. The van der Waals surface area contributed by atoms with Crippen LogP contribution in [0.25, 0.3) is 0 Å². The fraction of sp³-hybridized carbons (Fsp3) is 0.500. The zero-order chi connectivity index (χ0) is 12.2. The first-order valence-corrected chi connectivity index (χ1v) is 7.49. The Morgan fingerprint density at radius 2 is 2.22 bits per heavy atom. The van der Waals surface area contributed by atoms with E-state index in [0.717, 1.165) is 5.75 Å². The lowest BCUT2D eigenvalue weighted by atomic mass is 9.96. The van der Waals surface area contributed by atoms with E-state index in [2.05, 4.69) is 27.3 Å². The number of ether oxygens (including phenoxy) is 1. The molecule has 0 aromatic carbocycles. The fourth-order valence-corrected chi connectivity index (χ4v) is 3.11. The zero-order valence-electron chi connectivity index (χ0n) is 10.4. The van der Waals surface area contributed by atoms with Crippen LogP contribution in [0.3, 0.4) is 0 Å². The quantitative estimate of drug-likeness (QED) is 0.832. The standard InChI is InChI=1S/C14H18N2OS/c1-2-5-12(6-3-1)16-10-13(9-15-16)17-11-14-7-4-8-18-14/h4,7-10,12H,1-3,5-6,11H2. The summed E-state index contributed by atoms with van der Waals surface area (Å²) in [7, 11) is 0. The third-order valence-electron chi connectivity index (χ3n) is 3.49. The highest BCUT2D eigenvalue weighted by molar-refractivity contribution is 7.09. The van der Waals surface area contributed by atoms with Crippen LogP contribution in [0.4, 0.5) is 0 Å². The second kappa shape index (κ2) is 5.57. The van der Waals surface area contributed by atoms with Gasteiger partial charge in [0.05, 0.1) is 18.4 Å². The van der Waals surface area contributed by atoms with Crippen molar-refractivity contribution in [2.45, 2.75) is 44.8 Å². The Bertz CT molecular complexity index is 472. The van der Waals surface area contributed by atoms with Gasteiger partial charge in [-0.15, -0.1) is 11.3 Å². The summed E-state index contributed by atoms with van der Waals surface area (Å²) < 4.78 is 7.84. The molecule has 0 N–H and O–H groups in total. The lowest BCUT2D eigenvalue weighted by Crippen LogP contribution is -2.12. The van der Waals surface area contributed by atoms with Gasteiger partial charge in [0.2, 0.25) is 0 Å². The first-order chi connectivity index (χ1) is 8.92. The second-order valence-corrected chi connectivity index (χ2v) is 5.85. The lowest BCUT2D eigenvalue weighted by molar-refractivity contribution is 0.304. The van der Waals surface area contributed by atoms with E-state index in [1.54, 1.807) is 11.3 Å². The van der Waals surface area contributed by atoms with Crippen molar-refractivity contribution < 1.29 is 4.74 Å². The molecular weight excluding hydrogens is 244 g/mol. The van der Waals surface area contributed by atoms with Crippen LogP contribution < -0.4 is 4.74 Å². The molecule has 0 amide bonds. The Labute approximate surface area is 111 Å². The van der Waals surface area contributed by atoms with Crippen molar-refractivity contribution in [3.8, 4) is 5.75 Å². The number of hydrogen-bond donors (Lipinski definition) is 0. The predicted molar refractivity (Wildman–Crippen MR) is 73.0 cm³/mol. The van der Waals surface area contributed by atoms with Crippen LogP contribution in [0, 0.1) is 0 Å². The van der Waals surface area contributed by atoms with Crippen LogP contribution >= 0.6 is 11.3 Å². The minimum atomic E-state index is 0.581. The highest BCUT2D eigenvalue weighted by Gasteiger charge is 2.16. The number of hydrogen-bond acceptors (Lipinski definition) is 3. The molecule has 2 aromatic rings. The van der Waals surface area contributed by atoms with Crippen LogP contribution in [-0.4, -0.2) is 9.78 Å². The van der Waals surface area contributed by atoms with E-state index in [1.165, 1.54) is 37.0 Å². The number of aromatic nitrogens is 2. The Balaban J connectivity index is 1.59. The Morgan fingerprint density at radius 3 is 3.00 bits per heavy atom. The van der Waals surface area contributed by atoms with Crippen molar-refractivity contribution in [3.05, 3.63) is 34.8 Å². The summed E-state index contributed by atoms with van der Waals surface area (Å²) in [6, 6.07) is 4.73. The average molecular weight is 262 g/mol. The van der Waals surface area contributed by atoms with Gasteiger partial charge in [-0.25, -0.2) is 0 Å². The van der Waals surface area contributed by atoms with Crippen molar-refractivity contribution in [1.82, 2.24) is 9.78 Å². The summed E-state index contributed by atoms with van der Waals surface area (Å²) in [5.41, 5.74) is 0. The van der Waals surface area contributed by atoms with E-state index < -0.39 is 0 Å². The average Bonchev–Trinajstić information content (AvgIpc) is 3.09. The summed E-state index contributed by atoms with van der Waals surface area (Å²) in [4.78, 5) is 1.25. The van der Waals surface area contributed by atoms with Gasteiger partial charge < -0.3 is 4.74 Å². The van der Waals surface area contributed by atoms with Crippen molar-refractivity contribution in [2.75, 3.05) is 0 Å². The van der Waals surface area contributed by atoms with Crippen molar-refractivity contribution in [1.29, 1.82) is 0 Å². The topological polar surface area (TPSA) is 27.1 Å². The van der Waals surface area contributed by atoms with Crippen LogP contribution in [0.5, 0.6) is 5.75 Å². The Morgan fingerprint density at radius 1 is 1.33 bits per heavy atom. The van der Waals surface area contributed by atoms with Crippen LogP contribution in [-0.2, 0) is 6.61 Å². The van der Waals surface area contributed by atoms with E-state index >= 15 is 0 Å².